The maximum Gasteiger partial charge on any atom is 0.0208 e. The summed E-state index contributed by atoms with van der Waals surface area (Å²) in [5, 5.41) is 7.01. The van der Waals surface area contributed by atoms with E-state index in [0.717, 1.165) is 38.0 Å². The van der Waals surface area contributed by atoms with Gasteiger partial charge in [-0.05, 0) is 48.0 Å². The van der Waals surface area contributed by atoms with Crippen molar-refractivity contribution in [1.29, 1.82) is 0 Å². The van der Waals surface area contributed by atoms with Crippen molar-refractivity contribution in [2.24, 2.45) is 11.8 Å². The van der Waals surface area contributed by atoms with Gasteiger partial charge in [0.1, 0.15) is 0 Å². The molecular formula is C16H26N2. The molecule has 2 N–H and O–H groups in total. The second kappa shape index (κ2) is 6.35. The van der Waals surface area contributed by atoms with E-state index in [0.29, 0.717) is 0 Å². The van der Waals surface area contributed by atoms with Crippen LogP contribution in [-0.2, 0) is 19.5 Å². The fraction of sp³-hybridized carbons (Fsp3) is 0.625. The Morgan fingerprint density at radius 3 is 2.83 bits per heavy atom. The highest BCUT2D eigenvalue weighted by Crippen LogP contribution is 2.16. The van der Waals surface area contributed by atoms with E-state index in [9.17, 15) is 0 Å². The molecule has 2 heteroatoms. The third-order valence-corrected chi connectivity index (χ3v) is 4.09. The second-order valence-electron chi connectivity index (χ2n) is 5.88. The molecule has 0 spiro atoms. The molecule has 1 aliphatic rings. The molecule has 0 amide bonds. The molecule has 0 saturated heterocycles. The predicted molar refractivity (Wildman–Crippen MR) is 77.6 cm³/mol. The average Bonchev–Trinajstić information content (AvgIpc) is 2.38. The summed E-state index contributed by atoms with van der Waals surface area (Å²) in [5.74, 6) is 1.49. The van der Waals surface area contributed by atoms with Crippen LogP contribution in [0.25, 0.3) is 0 Å². The first-order valence-electron chi connectivity index (χ1n) is 7.19. The summed E-state index contributed by atoms with van der Waals surface area (Å²) in [6, 6.07) is 6.94. The molecule has 100 valence electrons. The lowest BCUT2D eigenvalue weighted by Crippen LogP contribution is -2.25. The van der Waals surface area contributed by atoms with Crippen LogP contribution in [0.4, 0.5) is 0 Å². The van der Waals surface area contributed by atoms with Crippen molar-refractivity contribution in [1.82, 2.24) is 10.6 Å². The summed E-state index contributed by atoms with van der Waals surface area (Å²) >= 11 is 0. The van der Waals surface area contributed by atoms with Crippen LogP contribution in [0.2, 0.25) is 0 Å². The molecule has 1 heterocycles. The van der Waals surface area contributed by atoms with E-state index in [1.165, 1.54) is 23.1 Å². The van der Waals surface area contributed by atoms with Crippen LogP contribution in [0.3, 0.4) is 0 Å². The Bertz CT molecular complexity index is 385. The Kier molecular flexibility index (Phi) is 4.79. The van der Waals surface area contributed by atoms with Gasteiger partial charge in [0.25, 0.3) is 0 Å². The molecule has 0 fully saturated rings. The van der Waals surface area contributed by atoms with Gasteiger partial charge in [-0.3, -0.25) is 0 Å². The van der Waals surface area contributed by atoms with Gasteiger partial charge in [-0.25, -0.2) is 0 Å². The summed E-state index contributed by atoms with van der Waals surface area (Å²) in [6.45, 7) is 11.1. The van der Waals surface area contributed by atoms with Gasteiger partial charge in [0, 0.05) is 13.1 Å². The van der Waals surface area contributed by atoms with Gasteiger partial charge in [-0.2, -0.15) is 0 Å². The maximum absolute atomic E-state index is 3.57. The minimum atomic E-state index is 0.740. The summed E-state index contributed by atoms with van der Waals surface area (Å²) in [4.78, 5) is 0. The molecule has 1 aliphatic heterocycles. The Labute approximate surface area is 111 Å². The normalized spacial score (nSPS) is 16.7. The topological polar surface area (TPSA) is 24.1 Å². The SMILES string of the molecule is CC(C)C(C)CNCc1ccc2c(c1)CNCC2. The average molecular weight is 246 g/mol. The molecule has 1 unspecified atom stereocenters. The molecule has 18 heavy (non-hydrogen) atoms. The minimum absolute atomic E-state index is 0.740. The third kappa shape index (κ3) is 3.56. The van der Waals surface area contributed by atoms with Crippen molar-refractivity contribution in [3.05, 3.63) is 34.9 Å². The van der Waals surface area contributed by atoms with Crippen LogP contribution in [-0.4, -0.2) is 13.1 Å². The van der Waals surface area contributed by atoms with Gasteiger partial charge < -0.3 is 10.6 Å². The molecular weight excluding hydrogens is 220 g/mol. The van der Waals surface area contributed by atoms with Gasteiger partial charge in [0.2, 0.25) is 0 Å². The number of hydrogen-bond acceptors (Lipinski definition) is 2. The fourth-order valence-electron chi connectivity index (χ4n) is 2.32. The van der Waals surface area contributed by atoms with E-state index in [2.05, 4.69) is 49.6 Å². The van der Waals surface area contributed by atoms with Crippen LogP contribution in [0.1, 0.15) is 37.5 Å². The Morgan fingerprint density at radius 1 is 1.22 bits per heavy atom. The highest BCUT2D eigenvalue weighted by atomic mass is 14.9. The molecule has 1 aromatic carbocycles. The lowest BCUT2D eigenvalue weighted by Gasteiger charge is -2.19. The molecule has 0 radical (unpaired) electrons. The number of hydrogen-bond donors (Lipinski definition) is 2. The highest BCUT2D eigenvalue weighted by molar-refractivity contribution is 5.33. The lowest BCUT2D eigenvalue weighted by molar-refractivity contribution is 0.392. The molecule has 0 bridgehead atoms. The largest absolute Gasteiger partial charge is 0.312 e. The molecule has 1 aromatic rings. The molecule has 0 aromatic heterocycles. The van der Waals surface area contributed by atoms with Crippen molar-refractivity contribution >= 4 is 0 Å². The fourth-order valence-corrected chi connectivity index (χ4v) is 2.32. The summed E-state index contributed by atoms with van der Waals surface area (Å²) in [6.07, 6.45) is 1.17. The molecule has 1 atom stereocenters. The Balaban J connectivity index is 1.86. The second-order valence-corrected chi connectivity index (χ2v) is 5.88. The van der Waals surface area contributed by atoms with E-state index < -0.39 is 0 Å². The van der Waals surface area contributed by atoms with Crippen LogP contribution in [0.15, 0.2) is 18.2 Å². The van der Waals surface area contributed by atoms with Gasteiger partial charge >= 0.3 is 0 Å². The van der Waals surface area contributed by atoms with Crippen molar-refractivity contribution in [3.63, 3.8) is 0 Å². The molecule has 0 saturated carbocycles. The Hall–Kier alpha value is -0.860. The van der Waals surface area contributed by atoms with E-state index >= 15 is 0 Å². The number of fused-ring (bicyclic) bond motifs is 1. The molecule has 2 rings (SSSR count). The van der Waals surface area contributed by atoms with Crippen molar-refractivity contribution in [2.75, 3.05) is 13.1 Å². The van der Waals surface area contributed by atoms with E-state index in [1.54, 1.807) is 0 Å². The van der Waals surface area contributed by atoms with Crippen molar-refractivity contribution in [2.45, 2.75) is 40.3 Å². The van der Waals surface area contributed by atoms with Gasteiger partial charge in [0.15, 0.2) is 0 Å². The van der Waals surface area contributed by atoms with Gasteiger partial charge in [-0.1, -0.05) is 39.0 Å². The van der Waals surface area contributed by atoms with E-state index in [-0.39, 0.29) is 0 Å². The standard InChI is InChI=1S/C16H26N2/c1-12(2)13(3)9-18-10-14-4-5-15-6-7-17-11-16(15)8-14/h4-5,8,12-13,17-18H,6-7,9-11H2,1-3H3. The van der Waals surface area contributed by atoms with Crippen LogP contribution >= 0.6 is 0 Å². The molecule has 0 aliphatic carbocycles. The zero-order valence-corrected chi connectivity index (χ0v) is 11.9. The van der Waals surface area contributed by atoms with Gasteiger partial charge in [0.05, 0.1) is 0 Å². The lowest BCUT2D eigenvalue weighted by atomic mass is 9.97. The quantitative estimate of drug-likeness (QED) is 0.835. The first kappa shape index (κ1) is 13.6. The van der Waals surface area contributed by atoms with Gasteiger partial charge in [-0.15, -0.1) is 0 Å². The first-order valence-corrected chi connectivity index (χ1v) is 7.19. The smallest absolute Gasteiger partial charge is 0.0208 e. The van der Waals surface area contributed by atoms with E-state index in [1.807, 2.05) is 0 Å². The molecule has 2 nitrogen and oxygen atoms in total. The highest BCUT2D eigenvalue weighted by Gasteiger charge is 2.09. The third-order valence-electron chi connectivity index (χ3n) is 4.09. The minimum Gasteiger partial charge on any atom is -0.312 e. The number of rotatable bonds is 5. The number of nitrogens with one attached hydrogen (secondary N) is 2. The Morgan fingerprint density at radius 2 is 2.06 bits per heavy atom. The van der Waals surface area contributed by atoms with E-state index in [4.69, 9.17) is 0 Å². The zero-order valence-electron chi connectivity index (χ0n) is 11.9. The summed E-state index contributed by atoms with van der Waals surface area (Å²) < 4.78 is 0. The maximum atomic E-state index is 3.57. The van der Waals surface area contributed by atoms with Crippen LogP contribution in [0.5, 0.6) is 0 Å². The zero-order chi connectivity index (χ0) is 13.0. The monoisotopic (exact) mass is 246 g/mol. The van der Waals surface area contributed by atoms with Crippen molar-refractivity contribution in [3.8, 4) is 0 Å². The first-order chi connectivity index (χ1) is 8.66. The number of benzene rings is 1. The predicted octanol–water partition coefficient (Wildman–Crippen LogP) is 2.71. The van der Waals surface area contributed by atoms with Crippen molar-refractivity contribution < 1.29 is 0 Å². The van der Waals surface area contributed by atoms with Crippen LogP contribution < -0.4 is 10.6 Å². The summed E-state index contributed by atoms with van der Waals surface area (Å²) in [7, 11) is 0. The van der Waals surface area contributed by atoms with Crippen LogP contribution in [0, 0.1) is 11.8 Å². The summed E-state index contributed by atoms with van der Waals surface area (Å²) in [5.41, 5.74) is 4.42.